The highest BCUT2D eigenvalue weighted by molar-refractivity contribution is 5.33. The predicted octanol–water partition coefficient (Wildman–Crippen LogP) is 3.42. The Morgan fingerprint density at radius 2 is 1.82 bits per heavy atom. The van der Waals surface area contributed by atoms with Crippen LogP contribution in [-0.4, -0.2) is 5.11 Å². The molecule has 0 aliphatic heterocycles. The third-order valence-electron chi connectivity index (χ3n) is 2.46. The maximum absolute atomic E-state index is 12.8. The highest BCUT2D eigenvalue weighted by Gasteiger charge is 2.03. The van der Waals surface area contributed by atoms with E-state index in [9.17, 15) is 9.50 Å². The van der Waals surface area contributed by atoms with Crippen molar-refractivity contribution in [2.75, 3.05) is 0 Å². The summed E-state index contributed by atoms with van der Waals surface area (Å²) in [6, 6.07) is 11.5. The van der Waals surface area contributed by atoms with Gasteiger partial charge in [-0.05, 0) is 31.2 Å². The van der Waals surface area contributed by atoms with Crippen molar-refractivity contribution < 1.29 is 14.2 Å². The minimum atomic E-state index is -0.457. The monoisotopic (exact) mass is 232 g/mol. The second-order valence-corrected chi connectivity index (χ2v) is 3.87. The summed E-state index contributed by atoms with van der Waals surface area (Å²) in [6.07, 6.45) is 0. The van der Waals surface area contributed by atoms with Crippen LogP contribution in [0.3, 0.4) is 0 Å². The second kappa shape index (κ2) is 4.87. The topological polar surface area (TPSA) is 29.5 Å². The Bertz CT molecular complexity index is 506. The van der Waals surface area contributed by atoms with Crippen LogP contribution in [0, 0.1) is 12.7 Å². The van der Waals surface area contributed by atoms with Gasteiger partial charge in [-0.1, -0.05) is 17.7 Å². The molecule has 2 aromatic carbocycles. The maximum Gasteiger partial charge on any atom is 0.126 e. The fraction of sp³-hybridized carbons (Fsp3) is 0.143. The van der Waals surface area contributed by atoms with Crippen LogP contribution < -0.4 is 4.74 Å². The van der Waals surface area contributed by atoms with Crippen LogP contribution in [0.5, 0.6) is 11.5 Å². The highest BCUT2D eigenvalue weighted by atomic mass is 19.1. The zero-order chi connectivity index (χ0) is 12.3. The molecule has 1 N–H and O–H groups in total. The Balaban J connectivity index is 2.04. The lowest BCUT2D eigenvalue weighted by Crippen LogP contribution is -1.96. The first-order valence-electron chi connectivity index (χ1n) is 5.32. The molecule has 0 spiro atoms. The molecule has 0 aliphatic rings. The Hall–Kier alpha value is -2.03. The summed E-state index contributed by atoms with van der Waals surface area (Å²) in [5, 5.41) is 9.49. The van der Waals surface area contributed by atoms with E-state index in [1.165, 1.54) is 12.1 Å². The van der Waals surface area contributed by atoms with Crippen molar-refractivity contribution >= 4 is 0 Å². The molecule has 0 radical (unpaired) electrons. The number of hydrogen-bond donors (Lipinski definition) is 1. The van der Waals surface area contributed by atoms with Gasteiger partial charge in [0, 0.05) is 11.6 Å². The molecular weight excluding hydrogens is 219 g/mol. The number of hydrogen-bond acceptors (Lipinski definition) is 2. The minimum absolute atomic E-state index is 0.0860. The number of phenolic OH excluding ortho intramolecular Hbond substituents is 1. The van der Waals surface area contributed by atoms with E-state index in [2.05, 4.69) is 0 Å². The molecule has 0 aliphatic carbocycles. The van der Waals surface area contributed by atoms with Gasteiger partial charge in [0.25, 0.3) is 0 Å². The Kier molecular flexibility index (Phi) is 3.28. The van der Waals surface area contributed by atoms with Crippen molar-refractivity contribution in [3.05, 3.63) is 59.4 Å². The van der Waals surface area contributed by atoms with Crippen LogP contribution in [0.1, 0.15) is 11.1 Å². The molecule has 2 rings (SSSR count). The largest absolute Gasteiger partial charge is 0.507 e. The van der Waals surface area contributed by atoms with Gasteiger partial charge in [0.2, 0.25) is 0 Å². The third-order valence-corrected chi connectivity index (χ3v) is 2.46. The van der Waals surface area contributed by atoms with E-state index in [4.69, 9.17) is 4.74 Å². The van der Waals surface area contributed by atoms with E-state index in [0.717, 1.165) is 17.4 Å². The molecule has 0 amide bonds. The molecule has 0 saturated carbocycles. The molecule has 0 unspecified atom stereocenters. The molecular formula is C14H13FO2. The maximum atomic E-state index is 12.8. The van der Waals surface area contributed by atoms with E-state index in [1.807, 2.05) is 31.2 Å². The molecule has 0 bridgehead atoms. The van der Waals surface area contributed by atoms with Gasteiger partial charge in [0.15, 0.2) is 0 Å². The van der Waals surface area contributed by atoms with E-state index in [-0.39, 0.29) is 12.4 Å². The van der Waals surface area contributed by atoms with Crippen molar-refractivity contribution in [1.29, 1.82) is 0 Å². The SMILES string of the molecule is Cc1ccc(OCc2ccc(F)cc2O)cc1. The van der Waals surface area contributed by atoms with Crippen molar-refractivity contribution in [2.24, 2.45) is 0 Å². The number of ether oxygens (including phenoxy) is 1. The highest BCUT2D eigenvalue weighted by Crippen LogP contribution is 2.20. The van der Waals surface area contributed by atoms with Gasteiger partial charge in [-0.3, -0.25) is 0 Å². The van der Waals surface area contributed by atoms with Crippen LogP contribution in [0.4, 0.5) is 4.39 Å². The molecule has 3 heteroatoms. The van der Waals surface area contributed by atoms with Crippen molar-refractivity contribution in [2.45, 2.75) is 13.5 Å². The van der Waals surface area contributed by atoms with E-state index >= 15 is 0 Å². The molecule has 0 atom stereocenters. The van der Waals surface area contributed by atoms with E-state index in [1.54, 1.807) is 0 Å². The zero-order valence-electron chi connectivity index (χ0n) is 9.48. The molecule has 17 heavy (non-hydrogen) atoms. The summed E-state index contributed by atoms with van der Waals surface area (Å²) in [6.45, 7) is 2.21. The average Bonchev–Trinajstić information content (AvgIpc) is 2.30. The number of phenols is 1. The van der Waals surface area contributed by atoms with Gasteiger partial charge in [-0.15, -0.1) is 0 Å². The van der Waals surface area contributed by atoms with Gasteiger partial charge in [0.1, 0.15) is 23.9 Å². The summed E-state index contributed by atoms with van der Waals surface area (Å²) in [5.74, 6) is 0.179. The van der Waals surface area contributed by atoms with E-state index < -0.39 is 5.82 Å². The zero-order valence-corrected chi connectivity index (χ0v) is 9.48. The first-order valence-corrected chi connectivity index (χ1v) is 5.32. The number of aryl methyl sites for hydroxylation is 1. The Labute approximate surface area is 99.3 Å². The van der Waals surface area contributed by atoms with Gasteiger partial charge in [-0.25, -0.2) is 4.39 Å². The first-order chi connectivity index (χ1) is 8.15. The summed E-state index contributed by atoms with van der Waals surface area (Å²) in [7, 11) is 0. The Morgan fingerprint density at radius 3 is 2.47 bits per heavy atom. The summed E-state index contributed by atoms with van der Waals surface area (Å²) < 4.78 is 18.2. The first kappa shape index (κ1) is 11.5. The van der Waals surface area contributed by atoms with Gasteiger partial charge in [-0.2, -0.15) is 0 Å². The lowest BCUT2D eigenvalue weighted by Gasteiger charge is -2.08. The standard InChI is InChI=1S/C14H13FO2/c1-10-2-6-13(7-3-10)17-9-11-4-5-12(15)8-14(11)16/h2-8,16H,9H2,1H3. The smallest absolute Gasteiger partial charge is 0.126 e. The van der Waals surface area contributed by atoms with Crippen molar-refractivity contribution in [1.82, 2.24) is 0 Å². The lowest BCUT2D eigenvalue weighted by atomic mass is 10.2. The third kappa shape index (κ3) is 2.97. The summed E-state index contributed by atoms with van der Waals surface area (Å²) >= 11 is 0. The molecule has 2 nitrogen and oxygen atoms in total. The molecule has 88 valence electrons. The predicted molar refractivity (Wildman–Crippen MR) is 63.6 cm³/mol. The van der Waals surface area contributed by atoms with Crippen molar-refractivity contribution in [3.63, 3.8) is 0 Å². The van der Waals surface area contributed by atoms with Crippen LogP contribution >= 0.6 is 0 Å². The van der Waals surface area contributed by atoms with Crippen molar-refractivity contribution in [3.8, 4) is 11.5 Å². The van der Waals surface area contributed by atoms with Crippen LogP contribution in [0.15, 0.2) is 42.5 Å². The fourth-order valence-corrected chi connectivity index (χ4v) is 1.45. The molecule has 0 saturated heterocycles. The number of rotatable bonds is 3. The second-order valence-electron chi connectivity index (χ2n) is 3.87. The van der Waals surface area contributed by atoms with Gasteiger partial charge < -0.3 is 9.84 Å². The van der Waals surface area contributed by atoms with Crippen LogP contribution in [0.25, 0.3) is 0 Å². The molecule has 0 aromatic heterocycles. The lowest BCUT2D eigenvalue weighted by molar-refractivity contribution is 0.298. The minimum Gasteiger partial charge on any atom is -0.507 e. The quantitative estimate of drug-likeness (QED) is 0.878. The fourth-order valence-electron chi connectivity index (χ4n) is 1.45. The average molecular weight is 232 g/mol. The molecule has 0 fully saturated rings. The van der Waals surface area contributed by atoms with E-state index in [0.29, 0.717) is 5.56 Å². The molecule has 2 aromatic rings. The number of halogens is 1. The van der Waals surface area contributed by atoms with Gasteiger partial charge >= 0.3 is 0 Å². The normalized spacial score (nSPS) is 10.2. The summed E-state index contributed by atoms with van der Waals surface area (Å²) in [5.41, 5.74) is 1.72. The number of benzene rings is 2. The van der Waals surface area contributed by atoms with Crippen LogP contribution in [-0.2, 0) is 6.61 Å². The van der Waals surface area contributed by atoms with Gasteiger partial charge in [0.05, 0.1) is 0 Å². The summed E-state index contributed by atoms with van der Waals surface area (Å²) in [4.78, 5) is 0. The molecule has 0 heterocycles. The van der Waals surface area contributed by atoms with Crippen LogP contribution in [0.2, 0.25) is 0 Å². The Morgan fingerprint density at radius 1 is 1.12 bits per heavy atom. The number of aromatic hydroxyl groups is 1.